The predicted octanol–water partition coefficient (Wildman–Crippen LogP) is 4.87. The highest BCUT2D eigenvalue weighted by Crippen LogP contribution is 2.32. The van der Waals surface area contributed by atoms with Crippen molar-refractivity contribution in [3.05, 3.63) is 54.6 Å². The highest BCUT2D eigenvalue weighted by molar-refractivity contribution is 7.99. The molecule has 34 heavy (non-hydrogen) atoms. The van der Waals surface area contributed by atoms with E-state index in [-0.39, 0.29) is 12.1 Å². The van der Waals surface area contributed by atoms with E-state index in [0.29, 0.717) is 25.7 Å². The molecule has 3 N–H and O–H groups in total. The van der Waals surface area contributed by atoms with Crippen LogP contribution in [0.5, 0.6) is 0 Å². The van der Waals surface area contributed by atoms with E-state index in [9.17, 15) is 4.79 Å². The van der Waals surface area contributed by atoms with Crippen molar-refractivity contribution >= 4 is 35.3 Å². The molecule has 2 amide bonds. The number of amides is 2. The second kappa shape index (κ2) is 11.2. The fourth-order valence-electron chi connectivity index (χ4n) is 3.84. The number of nitrogens with one attached hydrogen (secondary N) is 3. The van der Waals surface area contributed by atoms with Gasteiger partial charge in [-0.2, -0.15) is 0 Å². The van der Waals surface area contributed by atoms with Crippen molar-refractivity contribution in [2.24, 2.45) is 0 Å². The Morgan fingerprint density at radius 2 is 1.91 bits per heavy atom. The summed E-state index contributed by atoms with van der Waals surface area (Å²) in [4.78, 5) is 23.9. The van der Waals surface area contributed by atoms with Crippen molar-refractivity contribution in [2.45, 2.75) is 19.9 Å². The maximum absolute atomic E-state index is 11.8. The van der Waals surface area contributed by atoms with Gasteiger partial charge in [0.15, 0.2) is 0 Å². The molecule has 2 heterocycles. The van der Waals surface area contributed by atoms with Crippen molar-refractivity contribution in [1.82, 2.24) is 15.3 Å². The van der Waals surface area contributed by atoms with E-state index >= 15 is 0 Å². The van der Waals surface area contributed by atoms with Crippen molar-refractivity contribution < 1.29 is 9.53 Å². The van der Waals surface area contributed by atoms with Crippen LogP contribution in [0.15, 0.2) is 54.6 Å². The van der Waals surface area contributed by atoms with E-state index in [0.717, 1.165) is 40.4 Å². The number of morpholine rings is 1. The van der Waals surface area contributed by atoms with Gasteiger partial charge in [0.1, 0.15) is 0 Å². The molecule has 0 spiro atoms. The van der Waals surface area contributed by atoms with Crippen LogP contribution >= 0.6 is 11.9 Å². The second-order valence-corrected chi connectivity index (χ2v) is 8.58. The van der Waals surface area contributed by atoms with Gasteiger partial charge in [-0.15, -0.1) is 0 Å². The van der Waals surface area contributed by atoms with Crippen LogP contribution in [-0.4, -0.2) is 54.6 Å². The summed E-state index contributed by atoms with van der Waals surface area (Å²) in [5, 5.41) is 5.57. The average molecular weight is 479 g/mol. The molecule has 9 heteroatoms. The first-order chi connectivity index (χ1) is 16.6. The summed E-state index contributed by atoms with van der Waals surface area (Å²) in [5.41, 5.74) is 5.35. The van der Waals surface area contributed by atoms with Crippen LogP contribution in [0.4, 0.5) is 22.1 Å². The number of rotatable bonds is 7. The number of para-hydroxylation sites is 1. The molecule has 1 fully saturated rings. The zero-order chi connectivity index (χ0) is 23.9. The normalized spacial score (nSPS) is 15.6. The molecule has 1 aliphatic heterocycles. The van der Waals surface area contributed by atoms with Gasteiger partial charge >= 0.3 is 6.03 Å². The Bertz CT molecular complexity index is 1120. The Hall–Kier alpha value is -3.30. The molecule has 1 atom stereocenters. The van der Waals surface area contributed by atoms with Gasteiger partial charge in [-0.3, -0.25) is 0 Å². The first-order valence-electron chi connectivity index (χ1n) is 11.4. The standard InChI is InChI=1S/C25H30N6O2S/c1-4-26-25(32)27-19-11-9-18(10-12-19)22-15-23(20-7-5-6-8-21(20)30-34-3)29-24(28-22)31-13-14-33-16-17(31)2/h5-12,15,17,30H,4,13-14,16H2,1-3H3,(H2,26,27,32). The summed E-state index contributed by atoms with van der Waals surface area (Å²) in [6, 6.07) is 17.8. The van der Waals surface area contributed by atoms with Crippen LogP contribution in [0.2, 0.25) is 0 Å². The number of nitrogens with zero attached hydrogens (tertiary/aromatic N) is 3. The number of carbonyl (C=O) groups excluding carboxylic acids is 1. The van der Waals surface area contributed by atoms with E-state index in [1.165, 1.54) is 0 Å². The summed E-state index contributed by atoms with van der Waals surface area (Å²) in [7, 11) is 0. The van der Waals surface area contributed by atoms with Crippen LogP contribution in [0, 0.1) is 0 Å². The summed E-state index contributed by atoms with van der Waals surface area (Å²) in [5.74, 6) is 0.687. The van der Waals surface area contributed by atoms with E-state index in [1.807, 2.05) is 61.7 Å². The lowest BCUT2D eigenvalue weighted by molar-refractivity contribution is 0.0981. The highest BCUT2D eigenvalue weighted by Gasteiger charge is 2.23. The van der Waals surface area contributed by atoms with E-state index < -0.39 is 0 Å². The lowest BCUT2D eigenvalue weighted by Gasteiger charge is -2.33. The Balaban J connectivity index is 1.74. The number of urea groups is 1. The van der Waals surface area contributed by atoms with E-state index in [2.05, 4.69) is 33.2 Å². The molecule has 178 valence electrons. The molecule has 1 aromatic heterocycles. The Kier molecular flexibility index (Phi) is 7.87. The van der Waals surface area contributed by atoms with Gasteiger partial charge in [0.25, 0.3) is 0 Å². The molecule has 0 radical (unpaired) electrons. The van der Waals surface area contributed by atoms with Gasteiger partial charge < -0.3 is 25.0 Å². The molecule has 1 unspecified atom stereocenters. The summed E-state index contributed by atoms with van der Waals surface area (Å²) < 4.78 is 8.98. The Morgan fingerprint density at radius 3 is 2.65 bits per heavy atom. The molecular formula is C25H30N6O2S. The van der Waals surface area contributed by atoms with Crippen molar-refractivity contribution in [3.8, 4) is 22.5 Å². The number of benzene rings is 2. The first kappa shape index (κ1) is 23.8. The maximum atomic E-state index is 11.8. The fraction of sp³-hybridized carbons (Fsp3) is 0.320. The molecule has 1 aliphatic rings. The topological polar surface area (TPSA) is 91.4 Å². The van der Waals surface area contributed by atoms with E-state index in [1.54, 1.807) is 11.9 Å². The molecule has 4 rings (SSSR count). The third kappa shape index (κ3) is 5.60. The second-order valence-electron chi connectivity index (χ2n) is 7.97. The van der Waals surface area contributed by atoms with Gasteiger partial charge in [-0.25, -0.2) is 14.8 Å². The molecule has 3 aromatic rings. The van der Waals surface area contributed by atoms with Crippen molar-refractivity contribution in [1.29, 1.82) is 0 Å². The number of hydrogen-bond donors (Lipinski definition) is 3. The predicted molar refractivity (Wildman–Crippen MR) is 140 cm³/mol. The molecule has 0 saturated carbocycles. The monoisotopic (exact) mass is 478 g/mol. The third-order valence-corrected chi connectivity index (χ3v) is 5.95. The molecular weight excluding hydrogens is 448 g/mol. The maximum Gasteiger partial charge on any atom is 0.319 e. The Labute approximate surface area is 204 Å². The molecule has 2 aromatic carbocycles. The summed E-state index contributed by atoms with van der Waals surface area (Å²) in [6.07, 6.45) is 2.00. The van der Waals surface area contributed by atoms with Gasteiger partial charge in [0.05, 0.1) is 36.3 Å². The molecule has 0 bridgehead atoms. The zero-order valence-electron chi connectivity index (χ0n) is 19.7. The van der Waals surface area contributed by atoms with Gasteiger partial charge in [0.2, 0.25) is 5.95 Å². The van der Waals surface area contributed by atoms with Gasteiger partial charge in [-0.1, -0.05) is 42.3 Å². The van der Waals surface area contributed by atoms with Crippen molar-refractivity contribution in [3.63, 3.8) is 0 Å². The largest absolute Gasteiger partial charge is 0.377 e. The van der Waals surface area contributed by atoms with Crippen LogP contribution in [0.3, 0.4) is 0 Å². The lowest BCUT2D eigenvalue weighted by Crippen LogP contribution is -2.44. The number of ether oxygens (including phenoxy) is 1. The van der Waals surface area contributed by atoms with Crippen LogP contribution in [0.1, 0.15) is 13.8 Å². The summed E-state index contributed by atoms with van der Waals surface area (Å²) >= 11 is 1.55. The third-order valence-electron chi connectivity index (χ3n) is 5.53. The smallest absolute Gasteiger partial charge is 0.319 e. The lowest BCUT2D eigenvalue weighted by atomic mass is 10.1. The summed E-state index contributed by atoms with van der Waals surface area (Å²) in [6.45, 7) is 6.62. The van der Waals surface area contributed by atoms with E-state index in [4.69, 9.17) is 14.7 Å². The minimum Gasteiger partial charge on any atom is -0.377 e. The fourth-order valence-corrected chi connectivity index (χ4v) is 4.24. The van der Waals surface area contributed by atoms with Gasteiger partial charge in [0, 0.05) is 36.2 Å². The van der Waals surface area contributed by atoms with Crippen LogP contribution < -0.4 is 20.3 Å². The zero-order valence-corrected chi connectivity index (χ0v) is 20.5. The Morgan fingerprint density at radius 1 is 1.15 bits per heavy atom. The number of hydrogen-bond acceptors (Lipinski definition) is 7. The minimum atomic E-state index is -0.221. The molecule has 8 nitrogen and oxygen atoms in total. The molecule has 1 saturated heterocycles. The minimum absolute atomic E-state index is 0.181. The van der Waals surface area contributed by atoms with Gasteiger partial charge in [-0.05, 0) is 38.1 Å². The average Bonchev–Trinajstić information content (AvgIpc) is 2.85. The quantitative estimate of drug-likeness (QED) is 0.418. The van der Waals surface area contributed by atoms with Crippen molar-refractivity contribution in [2.75, 3.05) is 47.5 Å². The number of aromatic nitrogens is 2. The highest BCUT2D eigenvalue weighted by atomic mass is 32.2. The van der Waals surface area contributed by atoms with Crippen LogP contribution in [0.25, 0.3) is 22.5 Å². The van der Waals surface area contributed by atoms with Crippen LogP contribution in [-0.2, 0) is 4.74 Å². The number of carbonyl (C=O) groups is 1. The number of anilines is 3. The molecule has 0 aliphatic carbocycles. The first-order valence-corrected chi connectivity index (χ1v) is 12.6. The SMILES string of the molecule is CCNC(=O)Nc1ccc(-c2cc(-c3ccccc3NSC)nc(N3CCOCC3C)n2)cc1.